The van der Waals surface area contributed by atoms with E-state index in [0.717, 1.165) is 5.56 Å². The number of hydrogen-bond acceptors (Lipinski definition) is 4. The van der Waals surface area contributed by atoms with Crippen molar-refractivity contribution in [3.63, 3.8) is 0 Å². The van der Waals surface area contributed by atoms with Gasteiger partial charge in [0.15, 0.2) is 11.3 Å². The van der Waals surface area contributed by atoms with E-state index in [2.05, 4.69) is 5.32 Å². The Bertz CT molecular complexity index is 1240. The molecule has 0 aliphatic rings. The Hall–Kier alpha value is -3.60. The van der Waals surface area contributed by atoms with E-state index in [4.69, 9.17) is 9.15 Å². The van der Waals surface area contributed by atoms with Crippen LogP contribution in [0.5, 0.6) is 5.75 Å². The van der Waals surface area contributed by atoms with Crippen LogP contribution >= 0.6 is 0 Å². The average Bonchev–Trinajstić information content (AvgIpc) is 2.68. The number of benzene rings is 3. The van der Waals surface area contributed by atoms with Gasteiger partial charge in [-0.15, -0.1) is 0 Å². The molecule has 0 unspecified atom stereocenters. The molecule has 0 aliphatic heterocycles. The molecule has 1 N–H and O–H groups in total. The van der Waals surface area contributed by atoms with Crippen LogP contribution in [0.4, 0.5) is 5.69 Å². The van der Waals surface area contributed by atoms with Gasteiger partial charge >= 0.3 is 0 Å². The Balaban J connectivity index is 1.80. The number of aryl methyl sites for hydroxylation is 1. The van der Waals surface area contributed by atoms with Gasteiger partial charge in [-0.05, 0) is 42.8 Å². The Morgan fingerprint density at radius 3 is 2.59 bits per heavy atom. The minimum atomic E-state index is -0.215. The molecule has 5 nitrogen and oxygen atoms in total. The number of hydrogen-bond donors (Lipinski definition) is 1. The highest BCUT2D eigenvalue weighted by Gasteiger charge is 2.13. The minimum absolute atomic E-state index is 0.137. The Labute approximate surface area is 155 Å². The third kappa shape index (κ3) is 2.93. The molecule has 1 heterocycles. The number of carbonyl (C=O) groups is 1. The van der Waals surface area contributed by atoms with Crippen molar-refractivity contribution in [2.45, 2.75) is 6.92 Å². The predicted octanol–water partition coefficient (Wildman–Crippen LogP) is 4.52. The molecule has 0 bridgehead atoms. The number of para-hydroxylation sites is 1. The van der Waals surface area contributed by atoms with Gasteiger partial charge in [-0.3, -0.25) is 9.59 Å². The van der Waals surface area contributed by atoms with E-state index in [1.807, 2.05) is 25.1 Å². The van der Waals surface area contributed by atoms with Crippen molar-refractivity contribution >= 4 is 33.5 Å². The van der Waals surface area contributed by atoms with Crippen molar-refractivity contribution in [2.24, 2.45) is 0 Å². The summed E-state index contributed by atoms with van der Waals surface area (Å²) in [6, 6.07) is 17.6. The molecule has 0 fully saturated rings. The van der Waals surface area contributed by atoms with Crippen LogP contribution < -0.4 is 15.5 Å². The summed E-state index contributed by atoms with van der Waals surface area (Å²) in [4.78, 5) is 25.3. The number of rotatable bonds is 3. The monoisotopic (exact) mass is 359 g/mol. The number of ether oxygens (including phenoxy) is 1. The lowest BCUT2D eigenvalue weighted by Crippen LogP contribution is -2.13. The maximum Gasteiger partial charge on any atom is 0.255 e. The van der Waals surface area contributed by atoms with Crippen molar-refractivity contribution in [1.82, 2.24) is 0 Å². The number of nitrogens with one attached hydrogen (secondary N) is 1. The molecule has 0 saturated carbocycles. The van der Waals surface area contributed by atoms with Crippen molar-refractivity contribution in [2.75, 3.05) is 12.4 Å². The summed E-state index contributed by atoms with van der Waals surface area (Å²) >= 11 is 0. The zero-order valence-electron chi connectivity index (χ0n) is 14.9. The fourth-order valence-corrected chi connectivity index (χ4v) is 3.11. The first-order chi connectivity index (χ1) is 13.1. The molecule has 5 heteroatoms. The molecule has 27 heavy (non-hydrogen) atoms. The summed E-state index contributed by atoms with van der Waals surface area (Å²) in [6.07, 6.45) is 0. The largest absolute Gasteiger partial charge is 0.493 e. The number of fused-ring (bicyclic) bond motifs is 2. The quantitative estimate of drug-likeness (QED) is 0.546. The molecular weight excluding hydrogens is 342 g/mol. The van der Waals surface area contributed by atoms with Gasteiger partial charge in [0.25, 0.3) is 5.91 Å². The van der Waals surface area contributed by atoms with Gasteiger partial charge in [0.2, 0.25) is 5.43 Å². The summed E-state index contributed by atoms with van der Waals surface area (Å²) in [5.41, 5.74) is 2.67. The zero-order chi connectivity index (χ0) is 19.0. The van der Waals surface area contributed by atoms with Crippen molar-refractivity contribution in [1.29, 1.82) is 0 Å². The average molecular weight is 359 g/mol. The molecule has 0 aliphatic carbocycles. The summed E-state index contributed by atoms with van der Waals surface area (Å²) < 4.78 is 11.2. The lowest BCUT2D eigenvalue weighted by Gasteiger charge is -2.09. The van der Waals surface area contributed by atoms with Crippen LogP contribution in [0.2, 0.25) is 0 Å². The Kier molecular flexibility index (Phi) is 4.12. The van der Waals surface area contributed by atoms with Crippen LogP contribution in [0.1, 0.15) is 15.9 Å². The summed E-state index contributed by atoms with van der Waals surface area (Å²) in [5, 5.41) is 3.76. The second kappa shape index (κ2) is 6.61. The van der Waals surface area contributed by atoms with Crippen molar-refractivity contribution in [3.05, 3.63) is 82.0 Å². The maximum atomic E-state index is 12.8. The fourth-order valence-electron chi connectivity index (χ4n) is 3.11. The first-order valence-electron chi connectivity index (χ1n) is 8.49. The topological polar surface area (TPSA) is 68.5 Å². The third-order valence-electron chi connectivity index (χ3n) is 4.53. The molecular formula is C22H17NO4. The standard InChI is InChI=1S/C22H17NO4/c1-13-6-3-4-7-15(13)22(25)23-14-10-11-16-19(12-14)27-21-17(20(16)24)8-5-9-18(21)26-2/h3-12H,1-2H3,(H,23,25). The Morgan fingerprint density at radius 1 is 1.00 bits per heavy atom. The van der Waals surface area contributed by atoms with E-state index in [9.17, 15) is 9.59 Å². The van der Waals surface area contributed by atoms with Gasteiger partial charge in [0.1, 0.15) is 5.58 Å². The molecule has 1 aromatic heterocycles. The van der Waals surface area contributed by atoms with Crippen LogP contribution in [0.25, 0.3) is 21.9 Å². The lowest BCUT2D eigenvalue weighted by molar-refractivity contribution is 0.102. The van der Waals surface area contributed by atoms with E-state index in [-0.39, 0.29) is 11.3 Å². The molecule has 0 saturated heterocycles. The Morgan fingerprint density at radius 2 is 1.81 bits per heavy atom. The number of methoxy groups -OCH3 is 1. The molecule has 3 aromatic carbocycles. The highest BCUT2D eigenvalue weighted by molar-refractivity contribution is 6.06. The second-order valence-corrected chi connectivity index (χ2v) is 6.25. The van der Waals surface area contributed by atoms with Gasteiger partial charge < -0.3 is 14.5 Å². The van der Waals surface area contributed by atoms with Crippen molar-refractivity contribution < 1.29 is 13.9 Å². The van der Waals surface area contributed by atoms with Gasteiger partial charge in [0.05, 0.1) is 17.9 Å². The van der Waals surface area contributed by atoms with E-state index in [1.165, 1.54) is 7.11 Å². The number of anilines is 1. The fraction of sp³-hybridized carbons (Fsp3) is 0.0909. The highest BCUT2D eigenvalue weighted by atomic mass is 16.5. The number of amides is 1. The molecule has 134 valence electrons. The van der Waals surface area contributed by atoms with Crippen LogP contribution in [-0.2, 0) is 0 Å². The van der Waals surface area contributed by atoms with Gasteiger partial charge in [-0.25, -0.2) is 0 Å². The molecule has 0 spiro atoms. The normalized spacial score (nSPS) is 10.9. The van der Waals surface area contributed by atoms with E-state index in [0.29, 0.717) is 38.9 Å². The van der Waals surface area contributed by atoms with Gasteiger partial charge in [-0.1, -0.05) is 24.3 Å². The van der Waals surface area contributed by atoms with E-state index in [1.54, 1.807) is 42.5 Å². The third-order valence-corrected chi connectivity index (χ3v) is 4.53. The van der Waals surface area contributed by atoms with Crippen LogP contribution in [0.3, 0.4) is 0 Å². The van der Waals surface area contributed by atoms with Crippen molar-refractivity contribution in [3.8, 4) is 5.75 Å². The summed E-state index contributed by atoms with van der Waals surface area (Å²) in [7, 11) is 1.53. The zero-order valence-corrected chi connectivity index (χ0v) is 14.9. The summed E-state index contributed by atoms with van der Waals surface area (Å²) in [6.45, 7) is 1.88. The molecule has 4 aromatic rings. The van der Waals surface area contributed by atoms with Gasteiger partial charge in [-0.2, -0.15) is 0 Å². The first-order valence-corrected chi connectivity index (χ1v) is 8.49. The van der Waals surface area contributed by atoms with E-state index >= 15 is 0 Å². The lowest BCUT2D eigenvalue weighted by atomic mass is 10.1. The van der Waals surface area contributed by atoms with Gasteiger partial charge in [0, 0.05) is 17.3 Å². The second-order valence-electron chi connectivity index (χ2n) is 6.25. The maximum absolute atomic E-state index is 12.8. The molecule has 4 rings (SSSR count). The van der Waals surface area contributed by atoms with E-state index < -0.39 is 0 Å². The van der Waals surface area contributed by atoms with Crippen LogP contribution in [-0.4, -0.2) is 13.0 Å². The number of carbonyl (C=O) groups excluding carboxylic acids is 1. The molecule has 0 atom stereocenters. The first kappa shape index (κ1) is 16.8. The smallest absolute Gasteiger partial charge is 0.255 e. The SMILES string of the molecule is COc1cccc2c(=O)c3ccc(NC(=O)c4ccccc4C)cc3oc12. The molecule has 0 radical (unpaired) electrons. The van der Waals surface area contributed by atoms with Crippen LogP contribution in [0, 0.1) is 6.92 Å². The minimum Gasteiger partial charge on any atom is -0.493 e. The summed E-state index contributed by atoms with van der Waals surface area (Å²) in [5.74, 6) is 0.272. The van der Waals surface area contributed by atoms with Crippen LogP contribution in [0.15, 0.2) is 69.9 Å². The highest BCUT2D eigenvalue weighted by Crippen LogP contribution is 2.28. The molecule has 1 amide bonds. The predicted molar refractivity (Wildman–Crippen MR) is 106 cm³/mol.